The van der Waals surface area contributed by atoms with E-state index < -0.39 is 5.91 Å². The molecule has 0 saturated carbocycles. The molecule has 0 spiro atoms. The van der Waals surface area contributed by atoms with Crippen molar-refractivity contribution in [1.29, 1.82) is 5.26 Å². The van der Waals surface area contributed by atoms with E-state index in [9.17, 15) is 10.1 Å². The third-order valence-corrected chi connectivity index (χ3v) is 4.33. The summed E-state index contributed by atoms with van der Waals surface area (Å²) in [5.74, 6) is -0.405. The molecule has 1 amide bonds. The van der Waals surface area contributed by atoms with Gasteiger partial charge in [0.15, 0.2) is 0 Å². The van der Waals surface area contributed by atoms with Gasteiger partial charge in [-0.1, -0.05) is 36.4 Å². The monoisotopic (exact) mass is 467 g/mol. The molecule has 0 bridgehead atoms. The van der Waals surface area contributed by atoms with E-state index in [1.807, 2.05) is 65.1 Å². The maximum atomic E-state index is 12.2. The molecule has 0 aliphatic heterocycles. The van der Waals surface area contributed by atoms with E-state index in [0.29, 0.717) is 20.4 Å². The summed E-state index contributed by atoms with van der Waals surface area (Å²) in [7, 11) is 0. The second kappa shape index (κ2) is 8.06. The van der Waals surface area contributed by atoms with E-state index in [0.717, 1.165) is 5.56 Å². The summed E-state index contributed by atoms with van der Waals surface area (Å²) >= 11 is 5.25. The first kappa shape index (κ1) is 16.6. The maximum absolute atomic E-state index is 12.2. The molecule has 1 aromatic carbocycles. The van der Waals surface area contributed by atoms with Crippen LogP contribution in [0.4, 0.5) is 0 Å². The van der Waals surface area contributed by atoms with Gasteiger partial charge in [0, 0.05) is 6.54 Å². The van der Waals surface area contributed by atoms with Crippen molar-refractivity contribution in [2.45, 2.75) is 6.54 Å². The van der Waals surface area contributed by atoms with Crippen LogP contribution in [0.1, 0.15) is 11.3 Å². The highest BCUT2D eigenvalue weighted by molar-refractivity contribution is 14.1. The van der Waals surface area contributed by atoms with Gasteiger partial charge in [0.2, 0.25) is 0 Å². The van der Waals surface area contributed by atoms with Crippen molar-refractivity contribution in [1.82, 2.24) is 10.3 Å². The maximum Gasteiger partial charge on any atom is 0.263 e. The van der Waals surface area contributed by atoms with Crippen LogP contribution in [0.3, 0.4) is 0 Å². The van der Waals surface area contributed by atoms with Gasteiger partial charge in [0.05, 0.1) is 9.27 Å². The molecule has 110 valence electrons. The van der Waals surface area contributed by atoms with Crippen LogP contribution < -0.4 is 5.32 Å². The van der Waals surface area contributed by atoms with E-state index in [1.165, 1.54) is 0 Å². The van der Waals surface area contributed by atoms with Gasteiger partial charge in [0.1, 0.15) is 16.2 Å². The largest absolute Gasteiger partial charge is 0.347 e. The number of carbonyl (C=O) groups excluding carboxylic acids is 1. The number of nitrogens with zero attached hydrogens (tertiary/aromatic N) is 2. The number of halogens is 2. The average molecular weight is 468 g/mol. The SMILES string of the molecule is N#C/C(C(=O)NCc1ccccc1)=C(/I)c1cccc(Br)n1. The molecule has 1 heterocycles. The summed E-state index contributed by atoms with van der Waals surface area (Å²) in [6.45, 7) is 0.376. The highest BCUT2D eigenvalue weighted by Crippen LogP contribution is 2.25. The quantitative estimate of drug-likeness (QED) is 0.321. The molecule has 2 aromatic rings. The van der Waals surface area contributed by atoms with Gasteiger partial charge >= 0.3 is 0 Å². The first-order valence-electron chi connectivity index (χ1n) is 6.36. The van der Waals surface area contributed by atoms with Crippen LogP contribution in [-0.4, -0.2) is 10.9 Å². The van der Waals surface area contributed by atoms with Crippen molar-refractivity contribution in [3.05, 3.63) is 70.0 Å². The minimum Gasteiger partial charge on any atom is -0.347 e. The second-order valence-electron chi connectivity index (χ2n) is 4.31. The molecule has 0 saturated heterocycles. The van der Waals surface area contributed by atoms with Crippen molar-refractivity contribution < 1.29 is 4.79 Å². The van der Waals surface area contributed by atoms with Gasteiger partial charge in [-0.15, -0.1) is 0 Å². The Kier molecular flexibility index (Phi) is 6.10. The lowest BCUT2D eigenvalue weighted by Gasteiger charge is -2.06. The Hall–Kier alpha value is -1.72. The zero-order valence-corrected chi connectivity index (χ0v) is 15.1. The van der Waals surface area contributed by atoms with Crippen LogP contribution in [0.2, 0.25) is 0 Å². The summed E-state index contributed by atoms with van der Waals surface area (Å²) in [5, 5.41) is 12.0. The number of nitriles is 1. The Morgan fingerprint density at radius 3 is 2.59 bits per heavy atom. The zero-order chi connectivity index (χ0) is 15.9. The third-order valence-electron chi connectivity index (χ3n) is 2.79. The first-order valence-corrected chi connectivity index (χ1v) is 8.24. The minimum absolute atomic E-state index is 0.0575. The van der Waals surface area contributed by atoms with E-state index in [1.54, 1.807) is 12.1 Å². The number of hydrogen-bond acceptors (Lipinski definition) is 3. The minimum atomic E-state index is -0.405. The molecular weight excluding hydrogens is 457 g/mol. The number of rotatable bonds is 4. The fourth-order valence-electron chi connectivity index (χ4n) is 1.72. The van der Waals surface area contributed by atoms with Gasteiger partial charge in [-0.3, -0.25) is 4.79 Å². The molecule has 0 atom stereocenters. The number of amides is 1. The summed E-state index contributed by atoms with van der Waals surface area (Å²) in [6, 6.07) is 16.9. The van der Waals surface area contributed by atoms with Crippen molar-refractivity contribution >= 4 is 48.0 Å². The van der Waals surface area contributed by atoms with Crippen LogP contribution in [0, 0.1) is 11.3 Å². The number of pyridine rings is 1. The lowest BCUT2D eigenvalue weighted by molar-refractivity contribution is -0.117. The molecule has 0 radical (unpaired) electrons. The molecule has 4 nitrogen and oxygen atoms in total. The van der Waals surface area contributed by atoms with Crippen molar-refractivity contribution in [2.75, 3.05) is 0 Å². The Bertz CT molecular complexity index is 753. The predicted molar refractivity (Wildman–Crippen MR) is 96.8 cm³/mol. The fraction of sp³-hybridized carbons (Fsp3) is 0.0625. The van der Waals surface area contributed by atoms with Gasteiger partial charge in [0.25, 0.3) is 5.91 Å². The number of nitrogens with one attached hydrogen (secondary N) is 1. The molecule has 0 aliphatic carbocycles. The number of hydrogen-bond donors (Lipinski definition) is 1. The van der Waals surface area contributed by atoms with E-state index in [4.69, 9.17) is 0 Å². The average Bonchev–Trinajstić information content (AvgIpc) is 2.54. The van der Waals surface area contributed by atoms with Gasteiger partial charge in [-0.2, -0.15) is 5.26 Å². The molecule has 1 aromatic heterocycles. The van der Waals surface area contributed by atoms with E-state index >= 15 is 0 Å². The molecule has 6 heteroatoms. The summed E-state index contributed by atoms with van der Waals surface area (Å²) < 4.78 is 1.17. The Morgan fingerprint density at radius 1 is 1.23 bits per heavy atom. The van der Waals surface area contributed by atoms with Crippen molar-refractivity contribution in [2.24, 2.45) is 0 Å². The highest BCUT2D eigenvalue weighted by Gasteiger charge is 2.15. The van der Waals surface area contributed by atoms with Crippen molar-refractivity contribution in [3.8, 4) is 6.07 Å². The number of benzene rings is 1. The standard InChI is InChI=1S/C16H11BrIN3O/c17-14-8-4-7-13(21-14)15(18)12(9-19)16(22)20-10-11-5-2-1-3-6-11/h1-8H,10H2,(H,20,22)/b15-12-. The molecule has 0 fully saturated rings. The van der Waals surface area contributed by atoms with Gasteiger partial charge in [-0.05, 0) is 56.2 Å². The lowest BCUT2D eigenvalue weighted by atomic mass is 10.2. The van der Waals surface area contributed by atoms with Gasteiger partial charge < -0.3 is 5.32 Å². The summed E-state index contributed by atoms with van der Waals surface area (Å²) in [5.41, 5.74) is 1.62. The van der Waals surface area contributed by atoms with E-state index in [-0.39, 0.29) is 5.57 Å². The topological polar surface area (TPSA) is 65.8 Å². The predicted octanol–water partition coefficient (Wildman–Crippen LogP) is 3.83. The third kappa shape index (κ3) is 4.39. The zero-order valence-electron chi connectivity index (χ0n) is 11.4. The Morgan fingerprint density at radius 2 is 1.95 bits per heavy atom. The van der Waals surface area contributed by atoms with Crippen LogP contribution in [0.5, 0.6) is 0 Å². The molecule has 22 heavy (non-hydrogen) atoms. The van der Waals surface area contributed by atoms with Crippen LogP contribution in [0.25, 0.3) is 3.58 Å². The Balaban J connectivity index is 2.18. The smallest absolute Gasteiger partial charge is 0.263 e. The van der Waals surface area contributed by atoms with E-state index in [2.05, 4.69) is 26.2 Å². The number of carbonyl (C=O) groups is 1. The lowest BCUT2D eigenvalue weighted by Crippen LogP contribution is -2.24. The molecule has 2 rings (SSSR count). The first-order chi connectivity index (χ1) is 10.6. The molecule has 0 unspecified atom stereocenters. The van der Waals surface area contributed by atoms with Gasteiger partial charge in [-0.25, -0.2) is 4.98 Å². The van der Waals surface area contributed by atoms with Crippen LogP contribution in [0.15, 0.2) is 58.7 Å². The van der Waals surface area contributed by atoms with Crippen molar-refractivity contribution in [3.63, 3.8) is 0 Å². The van der Waals surface area contributed by atoms with Crippen LogP contribution >= 0.6 is 38.5 Å². The Labute approximate surface area is 150 Å². The number of aromatic nitrogens is 1. The normalized spacial score (nSPS) is 11.3. The fourth-order valence-corrected chi connectivity index (χ4v) is 2.73. The molecule has 0 aliphatic rings. The summed E-state index contributed by atoms with van der Waals surface area (Å²) in [6.07, 6.45) is 0. The molecular formula is C16H11BrIN3O. The summed E-state index contributed by atoms with van der Waals surface area (Å²) in [4.78, 5) is 16.5. The molecule has 1 N–H and O–H groups in total. The second-order valence-corrected chi connectivity index (χ2v) is 6.21. The van der Waals surface area contributed by atoms with Crippen LogP contribution in [-0.2, 0) is 11.3 Å². The highest BCUT2D eigenvalue weighted by atomic mass is 127.